The van der Waals surface area contributed by atoms with Gasteiger partial charge in [0.05, 0.1) is 11.5 Å². The molecule has 0 unspecified atom stereocenters. The first-order valence-electron chi connectivity index (χ1n) is 8.95. The molecule has 0 saturated carbocycles. The second kappa shape index (κ2) is 6.88. The van der Waals surface area contributed by atoms with E-state index in [9.17, 15) is 9.59 Å². The van der Waals surface area contributed by atoms with Crippen molar-refractivity contribution in [2.75, 3.05) is 30.6 Å². The van der Waals surface area contributed by atoms with E-state index in [1.807, 2.05) is 49.5 Å². The number of carbonyl (C=O) groups excluding carboxylic acids is 1. The third-order valence-corrected chi connectivity index (χ3v) is 5.82. The number of H-pyrrole nitrogens is 1. The number of allylic oxidation sites excluding steroid dienone is 2. The van der Waals surface area contributed by atoms with Gasteiger partial charge in [0.2, 0.25) is 0 Å². The van der Waals surface area contributed by atoms with Crippen LogP contribution in [0.25, 0.3) is 0 Å². The molecule has 2 heterocycles. The molecule has 0 saturated heterocycles. The minimum atomic E-state index is -0.362. The number of nitrogens with one attached hydrogen (secondary N) is 2. The minimum absolute atomic E-state index is 0.167. The number of fused-ring (bicyclic) bond motifs is 2. The van der Waals surface area contributed by atoms with Crippen LogP contribution in [0.5, 0.6) is 0 Å². The van der Waals surface area contributed by atoms with Crippen molar-refractivity contribution in [1.82, 2.24) is 9.97 Å². The Kier molecular flexibility index (Phi) is 4.55. The second-order valence-corrected chi connectivity index (χ2v) is 7.86. The van der Waals surface area contributed by atoms with Crippen LogP contribution in [0, 0.1) is 5.92 Å². The molecule has 1 aromatic heterocycles. The summed E-state index contributed by atoms with van der Waals surface area (Å²) >= 11 is 1.39. The fourth-order valence-electron chi connectivity index (χ4n) is 3.90. The van der Waals surface area contributed by atoms with E-state index < -0.39 is 0 Å². The molecule has 0 spiro atoms. The zero-order valence-corrected chi connectivity index (χ0v) is 16.4. The number of benzene rings is 1. The van der Waals surface area contributed by atoms with Gasteiger partial charge < -0.3 is 15.2 Å². The lowest BCUT2D eigenvalue weighted by atomic mass is 9.72. The molecule has 0 fully saturated rings. The molecule has 0 bridgehead atoms. The third-order valence-electron chi connectivity index (χ3n) is 5.24. The van der Waals surface area contributed by atoms with Gasteiger partial charge in [-0.05, 0) is 30.4 Å². The van der Waals surface area contributed by atoms with Crippen molar-refractivity contribution in [3.8, 4) is 0 Å². The number of hydrogen-bond donors (Lipinski definition) is 2. The van der Waals surface area contributed by atoms with Crippen LogP contribution in [-0.4, -0.2) is 36.1 Å². The summed E-state index contributed by atoms with van der Waals surface area (Å²) in [6.45, 7) is 0. The number of ketones is 1. The van der Waals surface area contributed by atoms with Crippen LogP contribution in [0.15, 0.2) is 46.0 Å². The van der Waals surface area contributed by atoms with E-state index in [2.05, 4.69) is 21.4 Å². The largest absolute Gasteiger partial charge is 0.378 e. The first-order chi connectivity index (χ1) is 13.0. The summed E-state index contributed by atoms with van der Waals surface area (Å²) in [6, 6.07) is 8.06. The standard InChI is InChI=1S/C20H22N4O2S/c1-24(2)12-9-7-11(8-10-12)15-16-13(5-4-6-14(16)25)21-18-17(15)19(26)23-20(22-18)27-3/h5,7-10,15-16H,4,6H2,1-3H3,(H2,21,22,23,26)/t15-,16-/m0/s1. The summed E-state index contributed by atoms with van der Waals surface area (Å²) in [7, 11) is 3.97. The fourth-order valence-corrected chi connectivity index (χ4v) is 4.28. The maximum Gasteiger partial charge on any atom is 0.257 e. The van der Waals surface area contributed by atoms with Crippen molar-refractivity contribution in [3.63, 3.8) is 0 Å². The Morgan fingerprint density at radius 3 is 2.56 bits per heavy atom. The van der Waals surface area contributed by atoms with E-state index in [1.165, 1.54) is 11.8 Å². The molecule has 1 aliphatic heterocycles. The van der Waals surface area contributed by atoms with Crippen molar-refractivity contribution < 1.29 is 4.79 Å². The number of nitrogens with zero attached hydrogens (tertiary/aromatic N) is 2. The molecule has 27 heavy (non-hydrogen) atoms. The number of Topliss-reactive ketones (excluding diaryl/α,β-unsaturated/α-hetero) is 1. The van der Waals surface area contributed by atoms with Crippen molar-refractivity contribution in [2.45, 2.75) is 23.9 Å². The molecule has 1 aromatic carbocycles. The molecular formula is C20H22N4O2S. The van der Waals surface area contributed by atoms with E-state index in [4.69, 9.17) is 0 Å². The molecule has 2 aromatic rings. The Balaban J connectivity index is 1.91. The van der Waals surface area contributed by atoms with Crippen molar-refractivity contribution in [1.29, 1.82) is 0 Å². The lowest BCUT2D eigenvalue weighted by Crippen LogP contribution is -2.38. The van der Waals surface area contributed by atoms with Crippen LogP contribution in [-0.2, 0) is 4.79 Å². The average Bonchev–Trinajstić information content (AvgIpc) is 2.66. The summed E-state index contributed by atoms with van der Waals surface area (Å²) in [5, 5.41) is 3.83. The third kappa shape index (κ3) is 3.06. The number of hydrogen-bond acceptors (Lipinski definition) is 6. The van der Waals surface area contributed by atoms with Crippen molar-refractivity contribution in [2.24, 2.45) is 5.92 Å². The minimum Gasteiger partial charge on any atom is -0.378 e. The summed E-state index contributed by atoms with van der Waals surface area (Å²) in [4.78, 5) is 35.1. The molecule has 4 rings (SSSR count). The molecule has 0 radical (unpaired) electrons. The number of thioether (sulfide) groups is 1. The van der Waals surface area contributed by atoms with E-state index in [-0.39, 0.29) is 23.2 Å². The highest BCUT2D eigenvalue weighted by atomic mass is 32.2. The summed E-state index contributed by atoms with van der Waals surface area (Å²) in [6.07, 6.45) is 5.17. The van der Waals surface area contributed by atoms with Crippen LogP contribution < -0.4 is 15.8 Å². The molecule has 1 aliphatic carbocycles. The van der Waals surface area contributed by atoms with E-state index >= 15 is 0 Å². The molecule has 7 heteroatoms. The molecular weight excluding hydrogens is 360 g/mol. The number of rotatable bonds is 3. The topological polar surface area (TPSA) is 78.1 Å². The lowest BCUT2D eigenvalue weighted by molar-refractivity contribution is -0.122. The highest BCUT2D eigenvalue weighted by Gasteiger charge is 2.42. The zero-order chi connectivity index (χ0) is 19.1. The van der Waals surface area contributed by atoms with E-state index in [0.29, 0.717) is 23.0 Å². The van der Waals surface area contributed by atoms with Gasteiger partial charge in [0.1, 0.15) is 11.6 Å². The molecule has 0 amide bonds. The Morgan fingerprint density at radius 2 is 1.89 bits per heavy atom. The Bertz CT molecular complexity index is 978. The molecule has 6 nitrogen and oxygen atoms in total. The maximum atomic E-state index is 12.9. The predicted octanol–water partition coefficient (Wildman–Crippen LogP) is 2.98. The monoisotopic (exact) mass is 382 g/mol. The highest BCUT2D eigenvalue weighted by molar-refractivity contribution is 7.98. The van der Waals surface area contributed by atoms with Crippen LogP contribution in [0.4, 0.5) is 11.5 Å². The van der Waals surface area contributed by atoms with Gasteiger partial charge in [-0.25, -0.2) is 4.98 Å². The second-order valence-electron chi connectivity index (χ2n) is 7.07. The highest BCUT2D eigenvalue weighted by Crippen LogP contribution is 2.45. The molecule has 2 aliphatic rings. The van der Waals surface area contributed by atoms with Gasteiger partial charge in [-0.1, -0.05) is 30.0 Å². The van der Waals surface area contributed by atoms with Gasteiger partial charge in [-0.2, -0.15) is 0 Å². The van der Waals surface area contributed by atoms with Crippen LogP contribution in [0.2, 0.25) is 0 Å². The lowest BCUT2D eigenvalue weighted by Gasteiger charge is -2.36. The predicted molar refractivity (Wildman–Crippen MR) is 109 cm³/mol. The van der Waals surface area contributed by atoms with Crippen LogP contribution >= 0.6 is 11.8 Å². The first kappa shape index (κ1) is 17.9. The van der Waals surface area contributed by atoms with Crippen LogP contribution in [0.1, 0.15) is 29.9 Å². The smallest absolute Gasteiger partial charge is 0.257 e. The SMILES string of the molecule is CSc1nc2c(c(=O)[nH]1)[C@@H](c1ccc(N(C)C)cc1)[C@@H]1C(=O)CCC=C1N2. The van der Waals surface area contributed by atoms with Crippen molar-refractivity contribution >= 4 is 29.1 Å². The van der Waals surface area contributed by atoms with Gasteiger partial charge in [-0.3, -0.25) is 9.59 Å². The summed E-state index contributed by atoms with van der Waals surface area (Å²) in [5.74, 6) is 0.0332. The fraction of sp³-hybridized carbons (Fsp3) is 0.350. The van der Waals surface area contributed by atoms with Gasteiger partial charge in [-0.15, -0.1) is 0 Å². The Morgan fingerprint density at radius 1 is 1.15 bits per heavy atom. The maximum absolute atomic E-state index is 12.9. The van der Waals surface area contributed by atoms with Gasteiger partial charge in [0.15, 0.2) is 5.16 Å². The van der Waals surface area contributed by atoms with Crippen molar-refractivity contribution in [3.05, 3.63) is 57.5 Å². The normalized spacial score (nSPS) is 21.0. The van der Waals surface area contributed by atoms with Crippen LogP contribution in [0.3, 0.4) is 0 Å². The van der Waals surface area contributed by atoms with Gasteiger partial charge in [0.25, 0.3) is 5.56 Å². The Labute approximate surface area is 162 Å². The summed E-state index contributed by atoms with van der Waals surface area (Å²) < 4.78 is 0. The number of aromatic amines is 1. The first-order valence-corrected chi connectivity index (χ1v) is 10.2. The quantitative estimate of drug-likeness (QED) is 0.628. The number of aromatic nitrogens is 2. The zero-order valence-electron chi connectivity index (χ0n) is 15.6. The summed E-state index contributed by atoms with van der Waals surface area (Å²) in [5.41, 5.74) is 3.26. The number of carbonyl (C=O) groups is 1. The van der Waals surface area contributed by atoms with Gasteiger partial charge >= 0.3 is 0 Å². The molecule has 2 atom stereocenters. The molecule has 2 N–H and O–H groups in total. The molecule has 140 valence electrons. The van der Waals surface area contributed by atoms with E-state index in [1.54, 1.807) is 0 Å². The Hall–Kier alpha value is -2.54. The average molecular weight is 382 g/mol. The number of anilines is 2. The van der Waals surface area contributed by atoms with Gasteiger partial charge in [0, 0.05) is 37.8 Å². The van der Waals surface area contributed by atoms with E-state index in [0.717, 1.165) is 23.4 Å².